The highest BCUT2D eigenvalue weighted by atomic mass is 19.1. The van der Waals surface area contributed by atoms with Gasteiger partial charge in [0.1, 0.15) is 11.6 Å². The maximum absolute atomic E-state index is 13.3. The summed E-state index contributed by atoms with van der Waals surface area (Å²) in [5, 5.41) is 0. The van der Waals surface area contributed by atoms with Gasteiger partial charge >= 0.3 is 0 Å². The Labute approximate surface area is 187 Å². The van der Waals surface area contributed by atoms with Crippen molar-refractivity contribution in [3.63, 3.8) is 0 Å². The predicted octanol–water partition coefficient (Wildman–Crippen LogP) is 4.35. The van der Waals surface area contributed by atoms with Crippen LogP contribution in [0.15, 0.2) is 60.7 Å². The first-order valence-electron chi connectivity index (χ1n) is 11.2. The molecule has 168 valence electrons. The number of piperidine rings is 1. The van der Waals surface area contributed by atoms with Gasteiger partial charge in [0.25, 0.3) is 0 Å². The second kappa shape index (κ2) is 10.1. The number of carbonyl (C=O) groups excluding carboxylic acids is 2. The molecule has 2 aromatic carbocycles. The number of benzene rings is 2. The molecule has 1 atom stereocenters. The summed E-state index contributed by atoms with van der Waals surface area (Å²) in [6.45, 7) is 2.29. The standard InChI is InChI=1S/C26H28F2N2O2/c27-22-8-4-19(5-9-22)17-25(31)29-15-12-21(13-16-29)24-3-1-2-14-30(26(24)32)18-20-6-10-23(28)11-7-20/h1-2,4-11,21,24H,3,12-18H2/t24-/m0/s1. The molecule has 32 heavy (non-hydrogen) atoms. The first-order valence-corrected chi connectivity index (χ1v) is 11.2. The SMILES string of the molecule is O=C(Cc1ccc(F)cc1)N1CCC([C@@H]2CC=CCN(Cc3ccc(F)cc3)C2=O)CC1. The number of hydrogen-bond donors (Lipinski definition) is 0. The second-order valence-electron chi connectivity index (χ2n) is 8.68. The Kier molecular flexibility index (Phi) is 6.98. The lowest BCUT2D eigenvalue weighted by atomic mass is 9.81. The van der Waals surface area contributed by atoms with Crippen LogP contribution in [0.3, 0.4) is 0 Å². The van der Waals surface area contributed by atoms with Crippen LogP contribution in [0.25, 0.3) is 0 Å². The molecule has 2 amide bonds. The third-order valence-electron chi connectivity index (χ3n) is 6.53. The van der Waals surface area contributed by atoms with E-state index in [-0.39, 0.29) is 41.7 Å². The molecule has 0 unspecified atom stereocenters. The average molecular weight is 439 g/mol. The van der Waals surface area contributed by atoms with E-state index in [4.69, 9.17) is 0 Å². The van der Waals surface area contributed by atoms with Crippen molar-refractivity contribution in [3.05, 3.63) is 83.4 Å². The third-order valence-corrected chi connectivity index (χ3v) is 6.53. The Morgan fingerprint density at radius 2 is 1.47 bits per heavy atom. The number of hydrogen-bond acceptors (Lipinski definition) is 2. The van der Waals surface area contributed by atoms with Crippen molar-refractivity contribution < 1.29 is 18.4 Å². The van der Waals surface area contributed by atoms with Crippen LogP contribution in [0.2, 0.25) is 0 Å². The zero-order valence-corrected chi connectivity index (χ0v) is 18.1. The highest BCUT2D eigenvalue weighted by molar-refractivity contribution is 5.80. The van der Waals surface area contributed by atoms with Crippen LogP contribution >= 0.6 is 0 Å². The normalized spacial score (nSPS) is 19.8. The van der Waals surface area contributed by atoms with E-state index < -0.39 is 0 Å². The summed E-state index contributed by atoms with van der Waals surface area (Å²) in [7, 11) is 0. The summed E-state index contributed by atoms with van der Waals surface area (Å²) >= 11 is 0. The van der Waals surface area contributed by atoms with Crippen molar-refractivity contribution in [1.29, 1.82) is 0 Å². The molecule has 0 bridgehead atoms. The van der Waals surface area contributed by atoms with Crippen molar-refractivity contribution in [2.45, 2.75) is 32.2 Å². The zero-order chi connectivity index (χ0) is 22.5. The minimum absolute atomic E-state index is 0.0417. The van der Waals surface area contributed by atoms with Gasteiger partial charge in [-0.05, 0) is 60.6 Å². The van der Waals surface area contributed by atoms with Gasteiger partial charge in [0.15, 0.2) is 0 Å². The number of nitrogens with zero attached hydrogens (tertiary/aromatic N) is 2. The first kappa shape index (κ1) is 22.2. The summed E-state index contributed by atoms with van der Waals surface area (Å²) in [5.74, 6) is -0.276. The number of amides is 2. The Bertz CT molecular complexity index is 964. The van der Waals surface area contributed by atoms with Crippen LogP contribution in [0.5, 0.6) is 0 Å². The highest BCUT2D eigenvalue weighted by Crippen LogP contribution is 2.31. The Morgan fingerprint density at radius 1 is 0.875 bits per heavy atom. The van der Waals surface area contributed by atoms with E-state index in [1.54, 1.807) is 24.3 Å². The van der Waals surface area contributed by atoms with E-state index in [0.717, 1.165) is 24.0 Å². The molecule has 0 radical (unpaired) electrons. The number of allylic oxidation sites excluding steroid dienone is 1. The van der Waals surface area contributed by atoms with Gasteiger partial charge in [-0.2, -0.15) is 0 Å². The molecule has 2 aromatic rings. The maximum Gasteiger partial charge on any atom is 0.226 e. The van der Waals surface area contributed by atoms with Crippen LogP contribution < -0.4 is 0 Å². The fourth-order valence-electron chi connectivity index (χ4n) is 4.66. The summed E-state index contributed by atoms with van der Waals surface area (Å²) < 4.78 is 26.3. The van der Waals surface area contributed by atoms with Gasteiger partial charge in [-0.15, -0.1) is 0 Å². The van der Waals surface area contributed by atoms with Crippen LogP contribution in [-0.4, -0.2) is 41.2 Å². The van der Waals surface area contributed by atoms with Gasteiger partial charge in [-0.1, -0.05) is 36.4 Å². The number of likely N-dealkylation sites (tertiary alicyclic amines) is 1. The second-order valence-corrected chi connectivity index (χ2v) is 8.68. The maximum atomic E-state index is 13.3. The highest BCUT2D eigenvalue weighted by Gasteiger charge is 2.34. The van der Waals surface area contributed by atoms with Crippen LogP contribution in [0, 0.1) is 23.5 Å². The van der Waals surface area contributed by atoms with Crippen molar-refractivity contribution in [3.8, 4) is 0 Å². The summed E-state index contributed by atoms with van der Waals surface area (Å²) in [4.78, 5) is 29.6. The van der Waals surface area contributed by atoms with Crippen LogP contribution in [-0.2, 0) is 22.6 Å². The summed E-state index contributed by atoms with van der Waals surface area (Å²) in [5.41, 5.74) is 1.72. The Morgan fingerprint density at radius 3 is 2.09 bits per heavy atom. The van der Waals surface area contributed by atoms with Gasteiger partial charge in [0.2, 0.25) is 11.8 Å². The predicted molar refractivity (Wildman–Crippen MR) is 118 cm³/mol. The molecule has 0 spiro atoms. The van der Waals surface area contributed by atoms with E-state index in [0.29, 0.717) is 32.6 Å². The average Bonchev–Trinajstić information content (AvgIpc) is 2.98. The lowest BCUT2D eigenvalue weighted by Gasteiger charge is -2.36. The van der Waals surface area contributed by atoms with E-state index >= 15 is 0 Å². The minimum atomic E-state index is -0.308. The van der Waals surface area contributed by atoms with E-state index in [1.165, 1.54) is 24.3 Å². The van der Waals surface area contributed by atoms with Crippen molar-refractivity contribution in [2.75, 3.05) is 19.6 Å². The molecule has 2 aliphatic heterocycles. The third kappa shape index (κ3) is 5.42. The molecular formula is C26H28F2N2O2. The fraction of sp³-hybridized carbons (Fsp3) is 0.385. The topological polar surface area (TPSA) is 40.6 Å². The number of rotatable bonds is 5. The first-order chi connectivity index (χ1) is 15.5. The van der Waals surface area contributed by atoms with Gasteiger partial charge in [0.05, 0.1) is 6.42 Å². The lowest BCUT2D eigenvalue weighted by Crippen LogP contribution is -2.44. The summed E-state index contributed by atoms with van der Waals surface area (Å²) in [6.07, 6.45) is 6.68. The molecule has 0 aromatic heterocycles. The monoisotopic (exact) mass is 438 g/mol. The molecule has 0 aliphatic carbocycles. The van der Waals surface area contributed by atoms with E-state index in [9.17, 15) is 18.4 Å². The molecule has 2 heterocycles. The van der Waals surface area contributed by atoms with E-state index in [2.05, 4.69) is 6.08 Å². The Hall–Kier alpha value is -3.02. The number of halogens is 2. The molecule has 6 heteroatoms. The minimum Gasteiger partial charge on any atom is -0.342 e. The molecule has 1 saturated heterocycles. The fourth-order valence-corrected chi connectivity index (χ4v) is 4.66. The largest absolute Gasteiger partial charge is 0.342 e. The summed E-state index contributed by atoms with van der Waals surface area (Å²) in [6, 6.07) is 12.3. The molecule has 1 fully saturated rings. The smallest absolute Gasteiger partial charge is 0.226 e. The molecule has 0 N–H and O–H groups in total. The molecule has 2 aliphatic rings. The quantitative estimate of drug-likeness (QED) is 0.652. The van der Waals surface area contributed by atoms with Gasteiger partial charge in [-0.3, -0.25) is 9.59 Å². The lowest BCUT2D eigenvalue weighted by molar-refractivity contribution is -0.138. The van der Waals surface area contributed by atoms with Gasteiger partial charge in [-0.25, -0.2) is 8.78 Å². The molecule has 4 rings (SSSR count). The van der Waals surface area contributed by atoms with Crippen LogP contribution in [0.4, 0.5) is 8.78 Å². The van der Waals surface area contributed by atoms with Crippen molar-refractivity contribution in [1.82, 2.24) is 9.80 Å². The molecule has 0 saturated carbocycles. The Balaban J connectivity index is 1.33. The van der Waals surface area contributed by atoms with Crippen molar-refractivity contribution >= 4 is 11.8 Å². The molecular weight excluding hydrogens is 410 g/mol. The van der Waals surface area contributed by atoms with Crippen LogP contribution in [0.1, 0.15) is 30.4 Å². The van der Waals surface area contributed by atoms with E-state index in [1.807, 2.05) is 15.9 Å². The van der Waals surface area contributed by atoms with Gasteiger partial charge in [0, 0.05) is 32.1 Å². The molecule has 4 nitrogen and oxygen atoms in total. The van der Waals surface area contributed by atoms with Gasteiger partial charge < -0.3 is 9.80 Å². The number of carbonyl (C=O) groups is 2. The van der Waals surface area contributed by atoms with Crippen molar-refractivity contribution in [2.24, 2.45) is 11.8 Å². The zero-order valence-electron chi connectivity index (χ0n) is 18.1.